The maximum absolute atomic E-state index is 12.1. The van der Waals surface area contributed by atoms with E-state index in [1.165, 1.54) is 12.8 Å². The summed E-state index contributed by atoms with van der Waals surface area (Å²) in [5.41, 5.74) is 5.69. The van der Waals surface area contributed by atoms with Crippen LogP contribution in [0.2, 0.25) is 0 Å². The summed E-state index contributed by atoms with van der Waals surface area (Å²) in [6.07, 6.45) is 5.31. The first-order valence-electron chi connectivity index (χ1n) is 7.55. The van der Waals surface area contributed by atoms with Crippen LogP contribution in [0.25, 0.3) is 0 Å². The van der Waals surface area contributed by atoms with E-state index in [2.05, 4.69) is 19.2 Å². The molecule has 1 saturated carbocycles. The summed E-state index contributed by atoms with van der Waals surface area (Å²) in [7, 11) is 1.68. The van der Waals surface area contributed by atoms with E-state index in [0.29, 0.717) is 30.8 Å². The van der Waals surface area contributed by atoms with Gasteiger partial charge in [0, 0.05) is 13.5 Å². The molecule has 0 spiro atoms. The number of ether oxygens (including phenoxy) is 1. The van der Waals surface area contributed by atoms with Crippen molar-refractivity contribution in [2.75, 3.05) is 20.3 Å². The lowest BCUT2D eigenvalue weighted by Gasteiger charge is -2.28. The van der Waals surface area contributed by atoms with Crippen molar-refractivity contribution in [2.24, 2.45) is 23.5 Å². The zero-order valence-corrected chi connectivity index (χ0v) is 12.7. The van der Waals surface area contributed by atoms with E-state index >= 15 is 0 Å². The van der Waals surface area contributed by atoms with Gasteiger partial charge in [-0.15, -0.1) is 0 Å². The van der Waals surface area contributed by atoms with Gasteiger partial charge in [0.1, 0.15) is 0 Å². The second kappa shape index (κ2) is 8.54. The number of carbonyl (C=O) groups is 1. The van der Waals surface area contributed by atoms with Gasteiger partial charge >= 0.3 is 0 Å². The molecule has 0 aromatic rings. The molecule has 0 bridgehead atoms. The molecule has 112 valence electrons. The molecule has 1 rings (SSSR count). The third kappa shape index (κ3) is 5.91. The van der Waals surface area contributed by atoms with Crippen molar-refractivity contribution in [3.8, 4) is 0 Å². The van der Waals surface area contributed by atoms with Gasteiger partial charge < -0.3 is 15.8 Å². The van der Waals surface area contributed by atoms with Gasteiger partial charge in [0.25, 0.3) is 0 Å². The van der Waals surface area contributed by atoms with Gasteiger partial charge in [0.2, 0.25) is 5.91 Å². The molecule has 0 aromatic carbocycles. The van der Waals surface area contributed by atoms with Crippen LogP contribution in [-0.2, 0) is 9.53 Å². The summed E-state index contributed by atoms with van der Waals surface area (Å²) >= 11 is 0. The van der Waals surface area contributed by atoms with Crippen molar-refractivity contribution < 1.29 is 9.53 Å². The predicted molar refractivity (Wildman–Crippen MR) is 77.8 cm³/mol. The highest BCUT2D eigenvalue weighted by molar-refractivity contribution is 5.76. The van der Waals surface area contributed by atoms with Crippen molar-refractivity contribution in [1.29, 1.82) is 0 Å². The van der Waals surface area contributed by atoms with Crippen LogP contribution < -0.4 is 11.1 Å². The molecule has 4 nitrogen and oxygen atoms in total. The monoisotopic (exact) mass is 270 g/mol. The minimum Gasteiger partial charge on any atom is -0.383 e. The van der Waals surface area contributed by atoms with E-state index in [4.69, 9.17) is 10.5 Å². The molecule has 1 aliphatic rings. The Bertz CT molecular complexity index is 261. The van der Waals surface area contributed by atoms with E-state index in [9.17, 15) is 4.79 Å². The Morgan fingerprint density at radius 3 is 2.32 bits per heavy atom. The van der Waals surface area contributed by atoms with Crippen molar-refractivity contribution in [1.82, 2.24) is 5.32 Å². The SMILES string of the molecule is COCC(NC(=O)CC1CCC(CN)CC1)C(C)C. The summed E-state index contributed by atoms with van der Waals surface area (Å²) in [6, 6.07) is 0.123. The number of hydrogen-bond donors (Lipinski definition) is 2. The third-order valence-corrected chi connectivity index (χ3v) is 4.27. The molecule has 1 aliphatic carbocycles. The van der Waals surface area contributed by atoms with Crippen molar-refractivity contribution in [3.63, 3.8) is 0 Å². The smallest absolute Gasteiger partial charge is 0.220 e. The fraction of sp³-hybridized carbons (Fsp3) is 0.933. The van der Waals surface area contributed by atoms with Crippen LogP contribution in [-0.4, -0.2) is 32.2 Å². The number of nitrogens with one attached hydrogen (secondary N) is 1. The van der Waals surface area contributed by atoms with Gasteiger partial charge in [0.15, 0.2) is 0 Å². The van der Waals surface area contributed by atoms with Crippen LogP contribution >= 0.6 is 0 Å². The second-order valence-electron chi connectivity index (χ2n) is 6.20. The van der Waals surface area contributed by atoms with E-state index < -0.39 is 0 Å². The molecule has 3 N–H and O–H groups in total. The zero-order valence-electron chi connectivity index (χ0n) is 12.7. The Morgan fingerprint density at radius 2 is 1.84 bits per heavy atom. The van der Waals surface area contributed by atoms with Crippen molar-refractivity contribution in [3.05, 3.63) is 0 Å². The van der Waals surface area contributed by atoms with Crippen LogP contribution in [0.4, 0.5) is 0 Å². The first-order chi connectivity index (χ1) is 9.06. The van der Waals surface area contributed by atoms with Crippen LogP contribution in [0.5, 0.6) is 0 Å². The fourth-order valence-electron chi connectivity index (χ4n) is 2.78. The predicted octanol–water partition coefficient (Wildman–Crippen LogP) is 1.93. The highest BCUT2D eigenvalue weighted by Gasteiger charge is 2.23. The maximum Gasteiger partial charge on any atom is 0.220 e. The first-order valence-corrected chi connectivity index (χ1v) is 7.55. The van der Waals surface area contributed by atoms with Gasteiger partial charge in [0.05, 0.1) is 12.6 Å². The molecule has 1 fully saturated rings. The normalized spacial score (nSPS) is 25.3. The minimum absolute atomic E-state index is 0.123. The minimum atomic E-state index is 0.123. The molecule has 1 unspecified atom stereocenters. The molecule has 1 amide bonds. The van der Waals surface area contributed by atoms with Gasteiger partial charge in [-0.05, 0) is 50.0 Å². The second-order valence-corrected chi connectivity index (χ2v) is 6.20. The lowest BCUT2D eigenvalue weighted by atomic mass is 9.80. The topological polar surface area (TPSA) is 64.3 Å². The Morgan fingerprint density at radius 1 is 1.26 bits per heavy atom. The lowest BCUT2D eigenvalue weighted by Crippen LogP contribution is -2.42. The van der Waals surface area contributed by atoms with Crippen molar-refractivity contribution >= 4 is 5.91 Å². The molecule has 1 atom stereocenters. The summed E-state index contributed by atoms with van der Waals surface area (Å²) in [5.74, 6) is 1.79. The van der Waals surface area contributed by atoms with Crippen LogP contribution in [0, 0.1) is 17.8 Å². The van der Waals surface area contributed by atoms with E-state index in [-0.39, 0.29) is 11.9 Å². The molecule has 4 heteroatoms. The molecule has 0 aromatic heterocycles. The van der Waals surface area contributed by atoms with Crippen LogP contribution in [0.3, 0.4) is 0 Å². The zero-order chi connectivity index (χ0) is 14.3. The summed E-state index contributed by atoms with van der Waals surface area (Å²) in [6.45, 7) is 5.60. The Hall–Kier alpha value is -0.610. The van der Waals surface area contributed by atoms with Crippen LogP contribution in [0.1, 0.15) is 46.0 Å². The number of rotatable bonds is 7. The van der Waals surface area contributed by atoms with Gasteiger partial charge in [-0.2, -0.15) is 0 Å². The van der Waals surface area contributed by atoms with E-state index in [0.717, 1.165) is 19.4 Å². The third-order valence-electron chi connectivity index (χ3n) is 4.27. The first kappa shape index (κ1) is 16.4. The number of amides is 1. The number of carbonyl (C=O) groups excluding carboxylic acids is 1. The summed E-state index contributed by atoms with van der Waals surface area (Å²) in [4.78, 5) is 12.1. The summed E-state index contributed by atoms with van der Waals surface area (Å²) < 4.78 is 5.16. The fourth-order valence-corrected chi connectivity index (χ4v) is 2.78. The number of hydrogen-bond acceptors (Lipinski definition) is 3. The van der Waals surface area contributed by atoms with Gasteiger partial charge in [-0.25, -0.2) is 0 Å². The Labute approximate surface area is 117 Å². The molecule has 0 saturated heterocycles. The standard InChI is InChI=1S/C15H30N2O2/c1-11(2)14(10-19-3)17-15(18)8-12-4-6-13(9-16)7-5-12/h11-14H,4-10,16H2,1-3H3,(H,17,18). The van der Waals surface area contributed by atoms with Gasteiger partial charge in [-0.3, -0.25) is 4.79 Å². The molecule has 19 heavy (non-hydrogen) atoms. The average Bonchev–Trinajstić information content (AvgIpc) is 2.39. The largest absolute Gasteiger partial charge is 0.383 e. The molecule has 0 aliphatic heterocycles. The molecular weight excluding hydrogens is 240 g/mol. The number of nitrogens with two attached hydrogens (primary N) is 1. The highest BCUT2D eigenvalue weighted by Crippen LogP contribution is 2.30. The average molecular weight is 270 g/mol. The van der Waals surface area contributed by atoms with Crippen molar-refractivity contribution in [2.45, 2.75) is 52.0 Å². The lowest BCUT2D eigenvalue weighted by molar-refractivity contribution is -0.123. The van der Waals surface area contributed by atoms with E-state index in [1.807, 2.05) is 0 Å². The molecular formula is C15H30N2O2. The molecule has 0 radical (unpaired) electrons. The highest BCUT2D eigenvalue weighted by atomic mass is 16.5. The molecule has 0 heterocycles. The Balaban J connectivity index is 2.30. The van der Waals surface area contributed by atoms with Crippen LogP contribution in [0.15, 0.2) is 0 Å². The summed E-state index contributed by atoms with van der Waals surface area (Å²) in [5, 5.41) is 3.10. The Kier molecular flexibility index (Phi) is 7.39. The quantitative estimate of drug-likeness (QED) is 0.743. The van der Waals surface area contributed by atoms with E-state index in [1.54, 1.807) is 7.11 Å². The van der Waals surface area contributed by atoms with Gasteiger partial charge in [-0.1, -0.05) is 13.8 Å². The number of methoxy groups -OCH3 is 1. The maximum atomic E-state index is 12.1.